The molecule has 12 rings (SSSR count). The van der Waals surface area contributed by atoms with Crippen molar-refractivity contribution in [2.45, 2.75) is 50.1 Å². The molecule has 54 heavy (non-hydrogen) atoms. The molecule has 6 aromatic rings. The number of fused-ring (bicyclic) bond motifs is 21. The van der Waals surface area contributed by atoms with Crippen LogP contribution in [0.4, 0.5) is 34.1 Å². The molecule has 0 aromatic heterocycles. The normalized spacial score (nSPS) is 27.3. The maximum atomic E-state index is 4.09. The molecule has 0 fully saturated rings. The van der Waals surface area contributed by atoms with E-state index in [-0.39, 0.29) is 20.1 Å². The molecule has 0 atom stereocenters. The van der Waals surface area contributed by atoms with E-state index in [2.05, 4.69) is 223 Å². The average Bonchev–Trinajstić information content (AvgIpc) is 3.93. The van der Waals surface area contributed by atoms with Gasteiger partial charge in [0.1, 0.15) is 0 Å². The van der Waals surface area contributed by atoms with E-state index in [9.17, 15) is 0 Å². The Labute approximate surface area is 331 Å². The van der Waals surface area contributed by atoms with Gasteiger partial charge in [-0.15, -0.1) is 16.7 Å². The van der Waals surface area contributed by atoms with E-state index in [4.69, 9.17) is 0 Å². The molecule has 0 aliphatic carbocycles. The fraction of sp³-hybridized carbons (Fsp3) is 0.170. The smallest absolute Gasteiger partial charge is 0.0612 e. The van der Waals surface area contributed by atoms with E-state index >= 15 is 0 Å². The van der Waals surface area contributed by atoms with Crippen LogP contribution in [0.2, 0.25) is 0 Å². The van der Waals surface area contributed by atoms with Crippen molar-refractivity contribution in [2.24, 2.45) is 0 Å². The fourth-order valence-electron chi connectivity index (χ4n) is 10.1. The van der Waals surface area contributed by atoms with Gasteiger partial charge in [-0.1, -0.05) is 43.3 Å². The summed E-state index contributed by atoms with van der Waals surface area (Å²) in [5, 5.41) is 0. The molecule has 0 unspecified atom stereocenters. The standard InChI is InChI=1S/C47H36N6.Ir/c1-44-32-14-11-17-35(26-32)45(2)48-29-50(40-22-7-5-20-38(40)48)46(3,36-18-12-15-33(44)27-36)52-31-53(43-25-10-9-24-42(43)52)47(4,37-19-13-16-34(44)28-37)51-30-49(45)39-21-6-8-23-41(39)51;/h5-25,29-31H,1-4H3;/q-6;. The third kappa shape index (κ3) is 3.57. The van der Waals surface area contributed by atoms with Crippen molar-refractivity contribution in [3.63, 3.8) is 0 Å². The Balaban J connectivity index is 0.00000341. The van der Waals surface area contributed by atoms with Gasteiger partial charge in [-0.05, 0) is 62.6 Å². The van der Waals surface area contributed by atoms with Crippen molar-refractivity contribution < 1.29 is 20.1 Å². The van der Waals surface area contributed by atoms with Gasteiger partial charge in [-0.2, -0.15) is 109 Å². The number of hydrogen-bond donors (Lipinski definition) is 0. The van der Waals surface area contributed by atoms with Gasteiger partial charge in [0.05, 0.1) is 17.0 Å². The molecular formula is C47H36IrN6-6. The molecule has 0 amide bonds. The van der Waals surface area contributed by atoms with E-state index in [1.165, 1.54) is 0 Å². The second-order valence-corrected chi connectivity index (χ2v) is 15.7. The molecular weight excluding hydrogens is 841 g/mol. The summed E-state index contributed by atoms with van der Waals surface area (Å²) in [4.78, 5) is 14.9. The van der Waals surface area contributed by atoms with Crippen LogP contribution in [0.3, 0.4) is 0 Å². The van der Waals surface area contributed by atoms with Gasteiger partial charge < -0.3 is 29.4 Å². The Morgan fingerprint density at radius 3 is 0.796 bits per heavy atom. The average molecular weight is 877 g/mol. The maximum Gasteiger partial charge on any atom is 0.0612 e. The summed E-state index contributed by atoms with van der Waals surface area (Å²) < 4.78 is 0. The predicted octanol–water partition coefficient (Wildman–Crippen LogP) is 9.34. The number of para-hydroxylation sites is 6. The van der Waals surface area contributed by atoms with Gasteiger partial charge >= 0.3 is 0 Å². The largest absolute Gasteiger partial charge is 0.481 e. The first kappa shape index (κ1) is 32.2. The first-order valence-corrected chi connectivity index (χ1v) is 18.4. The minimum atomic E-state index is -0.763. The first-order chi connectivity index (χ1) is 25.8. The van der Waals surface area contributed by atoms with Crippen LogP contribution in [0.1, 0.15) is 61.1 Å². The van der Waals surface area contributed by atoms with Crippen molar-refractivity contribution in [3.8, 4) is 0 Å². The molecule has 6 nitrogen and oxygen atoms in total. The van der Waals surface area contributed by atoms with Crippen LogP contribution in [0.25, 0.3) is 0 Å². The van der Waals surface area contributed by atoms with Crippen molar-refractivity contribution in [2.75, 3.05) is 29.4 Å². The number of rotatable bonds is 0. The van der Waals surface area contributed by atoms with Gasteiger partial charge in [0.25, 0.3) is 0 Å². The molecule has 0 spiro atoms. The second-order valence-electron chi connectivity index (χ2n) is 15.7. The molecule has 1 radical (unpaired) electrons. The molecule has 7 heteroatoms. The van der Waals surface area contributed by atoms with E-state index in [1.54, 1.807) is 0 Å². The van der Waals surface area contributed by atoms with Gasteiger partial charge in [-0.3, -0.25) is 0 Å². The number of benzene rings is 6. The van der Waals surface area contributed by atoms with Crippen LogP contribution in [-0.2, 0) is 42.5 Å². The SMILES string of the molecule is CC12c3[c-]c(ccc3)C3(C)N4[CH-]N(c5ccccc54)C(C)(c4[c-]c1ccc4)N1[CH-]N(c4ccccc41)C(C)(c1[c-]c2ccc1)N1[CH-]N3c2ccccc21.[Ir]. The van der Waals surface area contributed by atoms with Crippen LogP contribution in [0.15, 0.2) is 127 Å². The first-order valence-electron chi connectivity index (χ1n) is 18.4. The Kier molecular flexibility index (Phi) is 6.26. The maximum absolute atomic E-state index is 4.09. The third-order valence-electron chi connectivity index (χ3n) is 13.2. The zero-order valence-corrected chi connectivity index (χ0v) is 32.8. The van der Waals surface area contributed by atoms with Crippen LogP contribution in [-0.4, -0.2) is 0 Å². The van der Waals surface area contributed by atoms with Crippen molar-refractivity contribution >= 4 is 34.1 Å². The van der Waals surface area contributed by atoms with E-state index in [0.717, 1.165) is 67.5 Å². The summed E-state index contributed by atoms with van der Waals surface area (Å²) in [5.74, 6) is 0. The molecule has 6 heterocycles. The number of hydrogen-bond acceptors (Lipinski definition) is 6. The van der Waals surface area contributed by atoms with Crippen molar-refractivity contribution in [3.05, 3.63) is 199 Å². The molecule has 0 saturated carbocycles. The molecule has 269 valence electrons. The summed E-state index contributed by atoms with van der Waals surface area (Å²) >= 11 is 0. The van der Waals surface area contributed by atoms with E-state index in [1.807, 2.05) is 0 Å². The van der Waals surface area contributed by atoms with E-state index < -0.39 is 22.4 Å². The van der Waals surface area contributed by atoms with Crippen LogP contribution in [0, 0.1) is 38.2 Å². The third-order valence-corrected chi connectivity index (χ3v) is 13.2. The van der Waals surface area contributed by atoms with Crippen LogP contribution < -0.4 is 29.4 Å². The van der Waals surface area contributed by atoms with Crippen molar-refractivity contribution in [1.82, 2.24) is 0 Å². The second kappa shape index (κ2) is 10.5. The summed E-state index contributed by atoms with van der Waals surface area (Å²) in [7, 11) is 0. The quantitative estimate of drug-likeness (QED) is 0.141. The van der Waals surface area contributed by atoms with Gasteiger partial charge in [-0.25, -0.2) is 0 Å². The predicted molar refractivity (Wildman–Crippen MR) is 211 cm³/mol. The van der Waals surface area contributed by atoms with Gasteiger partial charge in [0, 0.05) is 54.2 Å². The molecule has 0 saturated heterocycles. The summed E-state index contributed by atoms with van der Waals surface area (Å²) in [6, 6.07) is 58.9. The monoisotopic (exact) mass is 877 g/mol. The van der Waals surface area contributed by atoms with Crippen molar-refractivity contribution in [1.29, 1.82) is 0 Å². The van der Waals surface area contributed by atoms with Gasteiger partial charge in [0.15, 0.2) is 0 Å². The minimum Gasteiger partial charge on any atom is -0.481 e. The summed E-state index contributed by atoms with van der Waals surface area (Å²) in [5.41, 5.74) is 10.3. The zero-order valence-electron chi connectivity index (χ0n) is 30.4. The Morgan fingerprint density at radius 2 is 0.556 bits per heavy atom. The van der Waals surface area contributed by atoms with Gasteiger partial charge in [0.2, 0.25) is 0 Å². The topological polar surface area (TPSA) is 19.4 Å². The Bertz CT molecular complexity index is 2180. The summed E-state index contributed by atoms with van der Waals surface area (Å²) in [6.07, 6.45) is 0. The molecule has 6 aromatic carbocycles. The molecule has 6 aliphatic heterocycles. The Morgan fingerprint density at radius 1 is 0.333 bits per heavy atom. The van der Waals surface area contributed by atoms with Crippen LogP contribution >= 0.6 is 0 Å². The molecule has 0 N–H and O–H groups in total. The zero-order chi connectivity index (χ0) is 35.5. The minimum absolute atomic E-state index is 0. The molecule has 6 aliphatic rings. The Hall–Kier alpha value is -5.23. The summed E-state index contributed by atoms with van der Waals surface area (Å²) in [6.45, 7) is 16.4. The molecule has 16 bridgehead atoms. The number of nitrogens with zero attached hydrogens (tertiary/aromatic N) is 6. The number of anilines is 6. The fourth-order valence-corrected chi connectivity index (χ4v) is 10.1. The van der Waals surface area contributed by atoms with Crippen LogP contribution in [0.5, 0.6) is 0 Å². The van der Waals surface area contributed by atoms with E-state index in [0.29, 0.717) is 0 Å².